The van der Waals surface area contributed by atoms with Crippen molar-refractivity contribution in [3.63, 3.8) is 0 Å². The molecule has 0 aliphatic heterocycles. The van der Waals surface area contributed by atoms with E-state index in [4.69, 9.17) is 0 Å². The van der Waals surface area contributed by atoms with E-state index in [2.05, 4.69) is 20.6 Å². The molecule has 27 heavy (non-hydrogen) atoms. The molecule has 2 unspecified atom stereocenters. The van der Waals surface area contributed by atoms with E-state index in [-0.39, 0.29) is 5.65 Å². The Balaban J connectivity index is 1.97. The van der Waals surface area contributed by atoms with Gasteiger partial charge in [0.25, 0.3) is 5.56 Å². The van der Waals surface area contributed by atoms with Gasteiger partial charge in [0.15, 0.2) is 6.10 Å². The number of H-pyrrole nitrogens is 1. The molecule has 0 radical (unpaired) electrons. The number of rotatable bonds is 3. The fraction of sp³-hybridized carbons (Fsp3) is 0.176. The zero-order chi connectivity index (χ0) is 19.3. The molecule has 0 spiro atoms. The normalized spacial score (nSPS) is 15.9. The lowest BCUT2D eigenvalue weighted by Gasteiger charge is -2.18. The number of carbonyl (C=O) groups excluding carboxylic acids is 1. The number of aliphatic hydroxyl groups is 1. The van der Waals surface area contributed by atoms with Gasteiger partial charge in [0.1, 0.15) is 0 Å². The molecule has 2 heterocycles. The van der Waals surface area contributed by atoms with E-state index in [1.165, 1.54) is 17.6 Å². The van der Waals surface area contributed by atoms with Crippen molar-refractivity contribution in [3.05, 3.63) is 52.2 Å². The molecule has 0 saturated carbocycles. The van der Waals surface area contributed by atoms with Crippen molar-refractivity contribution >= 4 is 23.3 Å². The van der Waals surface area contributed by atoms with Crippen LogP contribution in [-0.2, 0) is 4.79 Å². The van der Waals surface area contributed by atoms with Crippen molar-refractivity contribution in [1.29, 1.82) is 0 Å². The molecule has 0 bridgehead atoms. The average Bonchev–Trinajstić information content (AvgIpc) is 3.24. The van der Waals surface area contributed by atoms with Gasteiger partial charge in [0.05, 0.1) is 17.3 Å². The molecule has 1 aromatic carbocycles. The van der Waals surface area contributed by atoms with Crippen LogP contribution in [0.1, 0.15) is 17.2 Å². The summed E-state index contributed by atoms with van der Waals surface area (Å²) in [5.74, 6) is -2.35. The monoisotopic (exact) mass is 369 g/mol. The molecule has 2 atom stereocenters. The predicted octanol–water partition coefficient (Wildman–Crippen LogP) is 0.332. The fourth-order valence-corrected chi connectivity index (χ4v) is 3.46. The molecule has 0 saturated heterocycles. The van der Waals surface area contributed by atoms with Crippen LogP contribution in [0.15, 0.2) is 35.4 Å². The molecule has 138 valence electrons. The van der Waals surface area contributed by atoms with Gasteiger partial charge in [-0.2, -0.15) is 0 Å². The molecule has 5 N–H and O–H groups in total. The van der Waals surface area contributed by atoms with Crippen molar-refractivity contribution in [2.45, 2.75) is 12.0 Å². The van der Waals surface area contributed by atoms with Gasteiger partial charge in [0.2, 0.25) is 5.65 Å². The minimum atomic E-state index is -1.75. The highest BCUT2D eigenvalue weighted by atomic mass is 16.4. The summed E-state index contributed by atoms with van der Waals surface area (Å²) in [6.07, 6.45) is 1.22. The van der Waals surface area contributed by atoms with Crippen molar-refractivity contribution in [2.75, 3.05) is 12.4 Å². The van der Waals surface area contributed by atoms with Crippen LogP contribution in [-0.4, -0.2) is 49.7 Å². The second-order valence-corrected chi connectivity index (χ2v) is 6.10. The maximum Gasteiger partial charge on any atom is 0.333 e. The summed E-state index contributed by atoms with van der Waals surface area (Å²) >= 11 is 0. The average molecular weight is 369 g/mol. The van der Waals surface area contributed by atoms with Crippen LogP contribution < -0.4 is 16.2 Å². The third-order valence-corrected chi connectivity index (χ3v) is 4.60. The number of carboxylic acid groups (broad SMARTS) is 1. The van der Waals surface area contributed by atoms with Crippen LogP contribution in [0.5, 0.6) is 0 Å². The highest BCUT2D eigenvalue weighted by Gasteiger charge is 2.40. The molecule has 1 aliphatic carbocycles. The van der Waals surface area contributed by atoms with Gasteiger partial charge in [0, 0.05) is 30.7 Å². The number of aliphatic hydroxyl groups excluding tert-OH is 1. The largest absolute Gasteiger partial charge is 0.479 e. The number of hydrogen-bond donors (Lipinski definition) is 5. The molecule has 1 aliphatic rings. The van der Waals surface area contributed by atoms with Gasteiger partial charge in [-0.3, -0.25) is 9.20 Å². The van der Waals surface area contributed by atoms with E-state index in [9.17, 15) is 24.6 Å². The van der Waals surface area contributed by atoms with Gasteiger partial charge in [-0.25, -0.2) is 14.6 Å². The van der Waals surface area contributed by atoms with Crippen molar-refractivity contribution < 1.29 is 19.8 Å². The van der Waals surface area contributed by atoms with Crippen molar-refractivity contribution in [2.24, 2.45) is 0 Å². The van der Waals surface area contributed by atoms with E-state index in [0.717, 1.165) is 0 Å². The zero-order valence-corrected chi connectivity index (χ0v) is 14.1. The first-order valence-electron chi connectivity index (χ1n) is 8.05. The fourth-order valence-electron chi connectivity index (χ4n) is 3.46. The van der Waals surface area contributed by atoms with E-state index >= 15 is 0 Å². The van der Waals surface area contributed by atoms with Gasteiger partial charge in [-0.15, -0.1) is 0 Å². The zero-order valence-electron chi connectivity index (χ0n) is 14.1. The summed E-state index contributed by atoms with van der Waals surface area (Å²) in [6, 6.07) is 4.44. The lowest BCUT2D eigenvalue weighted by molar-refractivity contribution is -0.147. The summed E-state index contributed by atoms with van der Waals surface area (Å²) in [7, 11) is 1.47. The number of urea groups is 1. The summed E-state index contributed by atoms with van der Waals surface area (Å²) in [5, 5.41) is 24.8. The van der Waals surface area contributed by atoms with Crippen molar-refractivity contribution in [1.82, 2.24) is 19.7 Å². The smallest absolute Gasteiger partial charge is 0.333 e. The Kier molecular flexibility index (Phi) is 3.70. The number of aromatic amines is 1. The number of anilines is 1. The first kappa shape index (κ1) is 16.8. The SMILES string of the molecule is CNC(=O)Nc1ccc2c(c1)C(C(O)C(=O)O)c1c-2[nH]c(=O)c2nccn12. The van der Waals surface area contributed by atoms with E-state index in [1.54, 1.807) is 24.4 Å². The topological polar surface area (TPSA) is 149 Å². The van der Waals surface area contributed by atoms with Crippen LogP contribution in [0.4, 0.5) is 10.5 Å². The lowest BCUT2D eigenvalue weighted by Crippen LogP contribution is -2.29. The molecular formula is C17H15N5O5. The number of hydrogen-bond acceptors (Lipinski definition) is 5. The van der Waals surface area contributed by atoms with Crippen LogP contribution in [0.2, 0.25) is 0 Å². The van der Waals surface area contributed by atoms with Gasteiger partial charge in [-0.05, 0) is 17.7 Å². The summed E-state index contributed by atoms with van der Waals surface area (Å²) < 4.78 is 1.48. The molecular weight excluding hydrogens is 354 g/mol. The summed E-state index contributed by atoms with van der Waals surface area (Å²) in [6.45, 7) is 0. The highest BCUT2D eigenvalue weighted by Crippen LogP contribution is 2.46. The maximum atomic E-state index is 12.3. The second-order valence-electron chi connectivity index (χ2n) is 6.10. The Hall–Kier alpha value is -3.66. The number of aromatic nitrogens is 3. The van der Waals surface area contributed by atoms with Crippen LogP contribution in [0, 0.1) is 0 Å². The molecule has 10 nitrogen and oxygen atoms in total. The van der Waals surface area contributed by atoms with Crippen LogP contribution >= 0.6 is 0 Å². The lowest BCUT2D eigenvalue weighted by atomic mass is 9.93. The number of fused-ring (bicyclic) bond motifs is 5. The minimum absolute atomic E-state index is 0.104. The molecule has 4 rings (SSSR count). The number of carboxylic acids is 1. The Morgan fingerprint density at radius 2 is 2.15 bits per heavy atom. The number of carbonyl (C=O) groups is 2. The maximum absolute atomic E-state index is 12.3. The Morgan fingerprint density at radius 1 is 1.37 bits per heavy atom. The number of imidazole rings is 1. The number of nitrogens with one attached hydrogen (secondary N) is 3. The molecule has 10 heteroatoms. The Labute approximate surface area is 151 Å². The van der Waals surface area contributed by atoms with E-state index < -0.39 is 29.6 Å². The van der Waals surface area contributed by atoms with Gasteiger partial charge < -0.3 is 25.8 Å². The quantitative estimate of drug-likeness (QED) is 0.449. The Morgan fingerprint density at radius 3 is 2.85 bits per heavy atom. The predicted molar refractivity (Wildman–Crippen MR) is 94.8 cm³/mol. The number of aliphatic carboxylic acids is 1. The van der Waals surface area contributed by atoms with Crippen LogP contribution in [0.25, 0.3) is 16.9 Å². The highest BCUT2D eigenvalue weighted by molar-refractivity contribution is 5.91. The molecule has 3 aromatic rings. The summed E-state index contributed by atoms with van der Waals surface area (Å²) in [5.41, 5.74) is 1.99. The van der Waals surface area contributed by atoms with Gasteiger partial charge in [-0.1, -0.05) is 6.07 Å². The number of amides is 2. The number of benzene rings is 1. The molecule has 2 aromatic heterocycles. The first-order chi connectivity index (χ1) is 12.9. The van der Waals surface area contributed by atoms with Gasteiger partial charge >= 0.3 is 12.0 Å². The molecule has 2 amide bonds. The molecule has 0 fully saturated rings. The van der Waals surface area contributed by atoms with E-state index in [0.29, 0.717) is 28.2 Å². The second kappa shape index (κ2) is 5.95. The van der Waals surface area contributed by atoms with Crippen LogP contribution in [0.3, 0.4) is 0 Å². The minimum Gasteiger partial charge on any atom is -0.479 e. The van der Waals surface area contributed by atoms with E-state index in [1.807, 2.05) is 0 Å². The van der Waals surface area contributed by atoms with Crippen molar-refractivity contribution in [3.8, 4) is 11.3 Å². The summed E-state index contributed by atoms with van der Waals surface area (Å²) in [4.78, 5) is 42.1. The first-order valence-corrected chi connectivity index (χ1v) is 8.05. The number of nitrogens with zero attached hydrogens (tertiary/aromatic N) is 2. The Bertz CT molecular complexity index is 1150. The third-order valence-electron chi connectivity index (χ3n) is 4.60. The third kappa shape index (κ3) is 2.46. The standard InChI is InChI=1S/C17H15N5O5/c1-18-17(27)20-7-2-3-8-9(6-7)10(13(23)16(25)26)12-11(8)21-15(24)14-19-4-5-22(12)14/h2-6,10,13,23H,1H3,(H,21,24)(H,25,26)(H2,18,20,27).